The lowest BCUT2D eigenvalue weighted by molar-refractivity contribution is -0.384. The van der Waals surface area contributed by atoms with Crippen molar-refractivity contribution in [1.29, 1.82) is 0 Å². The zero-order valence-electron chi connectivity index (χ0n) is 14.8. The van der Waals surface area contributed by atoms with Gasteiger partial charge < -0.3 is 4.74 Å². The maximum absolute atomic E-state index is 10.8. The van der Waals surface area contributed by atoms with Crippen LogP contribution in [0.1, 0.15) is 5.69 Å². The minimum Gasteiger partial charge on any atom is -0.497 e. The third kappa shape index (κ3) is 3.74. The van der Waals surface area contributed by atoms with Crippen molar-refractivity contribution in [3.8, 4) is 27.7 Å². The summed E-state index contributed by atoms with van der Waals surface area (Å²) in [6, 6.07) is 13.9. The molecule has 0 radical (unpaired) electrons. The molecule has 0 bridgehead atoms. The Bertz CT molecular complexity index is 1120. The highest BCUT2D eigenvalue weighted by Crippen LogP contribution is 2.27. The van der Waals surface area contributed by atoms with E-state index in [1.54, 1.807) is 41.6 Å². The first-order valence-corrected chi connectivity index (χ1v) is 9.23. The second-order valence-corrected chi connectivity index (χ2v) is 6.80. The molecule has 0 unspecified atom stereocenters. The number of hydrogen-bond acceptors (Lipinski definition) is 7. The zero-order chi connectivity index (χ0) is 19.5. The number of non-ortho nitro benzene ring substituents is 1. The van der Waals surface area contributed by atoms with Crippen molar-refractivity contribution in [3.63, 3.8) is 0 Å². The predicted molar refractivity (Wildman–Crippen MR) is 105 cm³/mol. The summed E-state index contributed by atoms with van der Waals surface area (Å²) in [7, 11) is 1.64. The van der Waals surface area contributed by atoms with Gasteiger partial charge in [-0.15, -0.1) is 11.3 Å². The van der Waals surface area contributed by atoms with Crippen LogP contribution in [0.15, 0.2) is 60.2 Å². The topological polar surface area (TPSA) is 96.0 Å². The Hall–Kier alpha value is -3.59. The summed E-state index contributed by atoms with van der Waals surface area (Å²) in [5, 5.41) is 18.1. The Morgan fingerprint density at radius 3 is 2.75 bits per heavy atom. The van der Waals surface area contributed by atoms with Crippen LogP contribution in [-0.4, -0.2) is 31.8 Å². The average Bonchev–Trinajstić information content (AvgIpc) is 3.38. The fourth-order valence-electron chi connectivity index (χ4n) is 2.67. The molecule has 0 N–H and O–H groups in total. The molecule has 4 rings (SSSR count). The van der Waals surface area contributed by atoms with Gasteiger partial charge in [-0.25, -0.2) is 14.6 Å². The molecule has 2 heterocycles. The second-order valence-electron chi connectivity index (χ2n) is 5.95. The first-order valence-electron chi connectivity index (χ1n) is 8.35. The third-order valence-corrected chi connectivity index (χ3v) is 5.01. The highest BCUT2D eigenvalue weighted by Gasteiger charge is 2.10. The summed E-state index contributed by atoms with van der Waals surface area (Å²) in [6.07, 6.45) is 1.63. The normalized spacial score (nSPS) is 10.8. The monoisotopic (exact) mass is 393 g/mol. The van der Waals surface area contributed by atoms with Crippen LogP contribution in [-0.2, 0) is 6.54 Å². The van der Waals surface area contributed by atoms with Crippen LogP contribution in [0.5, 0.6) is 5.75 Å². The molecule has 0 spiro atoms. The lowest BCUT2D eigenvalue weighted by Crippen LogP contribution is -2.00. The van der Waals surface area contributed by atoms with Gasteiger partial charge in [0, 0.05) is 28.6 Å². The molecule has 0 aliphatic heterocycles. The number of nitro benzene ring substituents is 1. The van der Waals surface area contributed by atoms with Crippen LogP contribution in [0.2, 0.25) is 0 Å². The van der Waals surface area contributed by atoms with Crippen LogP contribution >= 0.6 is 11.3 Å². The summed E-state index contributed by atoms with van der Waals surface area (Å²) in [5.41, 5.74) is 2.64. The van der Waals surface area contributed by atoms with Crippen molar-refractivity contribution in [2.24, 2.45) is 0 Å². The summed E-state index contributed by atoms with van der Waals surface area (Å²) in [6.45, 7) is 0.487. The van der Waals surface area contributed by atoms with Gasteiger partial charge in [0.25, 0.3) is 5.69 Å². The highest BCUT2D eigenvalue weighted by atomic mass is 32.1. The minimum atomic E-state index is -0.433. The number of nitro groups is 1. The number of benzene rings is 2. The van der Waals surface area contributed by atoms with E-state index >= 15 is 0 Å². The van der Waals surface area contributed by atoms with Crippen LogP contribution in [0.4, 0.5) is 5.69 Å². The molecule has 0 fully saturated rings. The van der Waals surface area contributed by atoms with Crippen LogP contribution in [0.3, 0.4) is 0 Å². The van der Waals surface area contributed by atoms with Gasteiger partial charge in [-0.2, -0.15) is 5.10 Å². The van der Waals surface area contributed by atoms with E-state index in [1.165, 1.54) is 12.1 Å². The van der Waals surface area contributed by atoms with E-state index < -0.39 is 4.92 Å². The fourth-order valence-corrected chi connectivity index (χ4v) is 3.48. The highest BCUT2D eigenvalue weighted by molar-refractivity contribution is 7.13. The van der Waals surface area contributed by atoms with Crippen molar-refractivity contribution in [2.75, 3.05) is 7.11 Å². The SMILES string of the molecule is COc1cccc(-c2nc(Cn3cnc(-c4ccc([N+](=O)[O-])cc4)n3)cs2)c1. The van der Waals surface area contributed by atoms with Crippen molar-refractivity contribution >= 4 is 17.0 Å². The molecule has 0 aliphatic rings. The fraction of sp³-hybridized carbons (Fsp3) is 0.105. The van der Waals surface area contributed by atoms with E-state index in [-0.39, 0.29) is 5.69 Å². The van der Waals surface area contributed by atoms with Crippen LogP contribution in [0, 0.1) is 10.1 Å². The van der Waals surface area contributed by atoms with Crippen molar-refractivity contribution in [2.45, 2.75) is 6.54 Å². The lowest BCUT2D eigenvalue weighted by Gasteiger charge is -2.01. The number of rotatable bonds is 6. The summed E-state index contributed by atoms with van der Waals surface area (Å²) in [4.78, 5) is 19.3. The molecule has 140 valence electrons. The van der Waals surface area contributed by atoms with E-state index in [9.17, 15) is 10.1 Å². The van der Waals surface area contributed by atoms with E-state index in [4.69, 9.17) is 4.74 Å². The van der Waals surface area contributed by atoms with Gasteiger partial charge in [-0.05, 0) is 24.3 Å². The van der Waals surface area contributed by atoms with E-state index in [1.807, 2.05) is 29.6 Å². The molecule has 0 amide bonds. The predicted octanol–water partition coefficient (Wildman–Crippen LogP) is 4.03. The molecule has 0 saturated carbocycles. The van der Waals surface area contributed by atoms with Crippen LogP contribution < -0.4 is 4.74 Å². The van der Waals surface area contributed by atoms with Gasteiger partial charge in [-0.3, -0.25) is 10.1 Å². The molecule has 2 aromatic carbocycles. The molecule has 0 aliphatic carbocycles. The van der Waals surface area contributed by atoms with Crippen molar-refractivity contribution in [3.05, 3.63) is 76.0 Å². The van der Waals surface area contributed by atoms with E-state index in [0.29, 0.717) is 12.4 Å². The number of aromatic nitrogens is 4. The molecule has 8 nitrogen and oxygen atoms in total. The number of nitrogens with zero attached hydrogens (tertiary/aromatic N) is 5. The molecule has 9 heteroatoms. The summed E-state index contributed by atoms with van der Waals surface area (Å²) >= 11 is 1.56. The Balaban J connectivity index is 1.50. The Morgan fingerprint density at radius 1 is 1.18 bits per heavy atom. The maximum atomic E-state index is 10.8. The Morgan fingerprint density at radius 2 is 2.00 bits per heavy atom. The van der Waals surface area contributed by atoms with E-state index in [0.717, 1.165) is 27.6 Å². The van der Waals surface area contributed by atoms with Gasteiger partial charge in [0.1, 0.15) is 17.1 Å². The first kappa shape index (κ1) is 17.8. The summed E-state index contributed by atoms with van der Waals surface area (Å²) in [5.74, 6) is 1.30. The third-order valence-electron chi connectivity index (χ3n) is 4.07. The number of thiazole rings is 1. The molecule has 4 aromatic rings. The largest absolute Gasteiger partial charge is 0.497 e. The molecule has 0 saturated heterocycles. The number of ether oxygens (including phenoxy) is 1. The number of hydrogen-bond donors (Lipinski definition) is 0. The molecule has 0 atom stereocenters. The van der Waals surface area contributed by atoms with Gasteiger partial charge in [0.2, 0.25) is 0 Å². The van der Waals surface area contributed by atoms with Gasteiger partial charge in [0.15, 0.2) is 5.82 Å². The van der Waals surface area contributed by atoms with Gasteiger partial charge in [0.05, 0.1) is 24.3 Å². The Kier molecular flexibility index (Phi) is 4.81. The van der Waals surface area contributed by atoms with E-state index in [2.05, 4.69) is 15.1 Å². The Labute approximate surface area is 164 Å². The van der Waals surface area contributed by atoms with Gasteiger partial charge in [-0.1, -0.05) is 12.1 Å². The molecular weight excluding hydrogens is 378 g/mol. The standard InChI is InChI=1S/C19H15N5O3S/c1-27-17-4-2-3-14(9-17)19-21-15(11-28-19)10-23-12-20-18(22-23)13-5-7-16(8-6-13)24(25)26/h2-9,11-12H,10H2,1H3. The first-order chi connectivity index (χ1) is 13.6. The van der Waals surface area contributed by atoms with Gasteiger partial charge >= 0.3 is 0 Å². The molecular formula is C19H15N5O3S. The molecule has 28 heavy (non-hydrogen) atoms. The average molecular weight is 393 g/mol. The quantitative estimate of drug-likeness (QED) is 0.362. The smallest absolute Gasteiger partial charge is 0.269 e. The minimum absolute atomic E-state index is 0.0377. The van der Waals surface area contributed by atoms with Crippen molar-refractivity contribution < 1.29 is 9.66 Å². The molecule has 2 aromatic heterocycles. The zero-order valence-corrected chi connectivity index (χ0v) is 15.7. The van der Waals surface area contributed by atoms with Crippen molar-refractivity contribution in [1.82, 2.24) is 19.7 Å². The maximum Gasteiger partial charge on any atom is 0.269 e. The second kappa shape index (κ2) is 7.57. The summed E-state index contributed by atoms with van der Waals surface area (Å²) < 4.78 is 6.96. The number of methoxy groups -OCH3 is 1. The van der Waals surface area contributed by atoms with Crippen LogP contribution in [0.25, 0.3) is 22.0 Å². The lowest BCUT2D eigenvalue weighted by atomic mass is 10.2.